The zero-order chi connectivity index (χ0) is 8.81. The summed E-state index contributed by atoms with van der Waals surface area (Å²) in [4.78, 5) is 15.4. The third-order valence-corrected chi connectivity index (χ3v) is 2.55. The largest absolute Gasteiger partial charge is 0.296 e. The number of rotatable bonds is 4. The average molecular weight is 181 g/mol. The molecule has 1 aromatic heterocycles. The highest BCUT2D eigenvalue weighted by Gasteiger charge is 1.95. The van der Waals surface area contributed by atoms with Gasteiger partial charge in [-0.2, -0.15) is 0 Å². The summed E-state index contributed by atoms with van der Waals surface area (Å²) in [6.45, 7) is 2.13. The van der Waals surface area contributed by atoms with Crippen LogP contribution >= 0.6 is 11.8 Å². The molecule has 0 unspecified atom stereocenters. The highest BCUT2D eigenvalue weighted by atomic mass is 32.2. The van der Waals surface area contributed by atoms with E-state index in [0.29, 0.717) is 5.69 Å². The third kappa shape index (κ3) is 2.66. The molecule has 12 heavy (non-hydrogen) atoms. The van der Waals surface area contributed by atoms with Gasteiger partial charge in [0, 0.05) is 11.1 Å². The molecule has 0 fully saturated rings. The van der Waals surface area contributed by atoms with Gasteiger partial charge in [0.15, 0.2) is 6.29 Å². The first-order chi connectivity index (χ1) is 5.86. The highest BCUT2D eigenvalue weighted by Crippen LogP contribution is 2.17. The van der Waals surface area contributed by atoms with Gasteiger partial charge >= 0.3 is 0 Å². The minimum absolute atomic E-state index is 0.510. The Labute approximate surface area is 76.4 Å². The normalized spacial score (nSPS) is 9.75. The summed E-state index contributed by atoms with van der Waals surface area (Å²) in [6, 6.07) is 3.74. The van der Waals surface area contributed by atoms with Crippen molar-refractivity contribution in [3.63, 3.8) is 0 Å². The van der Waals surface area contributed by atoms with Crippen LogP contribution < -0.4 is 0 Å². The summed E-state index contributed by atoms with van der Waals surface area (Å²) in [5.41, 5.74) is 0.510. The topological polar surface area (TPSA) is 30.0 Å². The summed E-state index contributed by atoms with van der Waals surface area (Å²) < 4.78 is 0. The molecule has 1 heterocycles. The van der Waals surface area contributed by atoms with Crippen molar-refractivity contribution < 1.29 is 4.79 Å². The molecule has 0 amide bonds. The quantitative estimate of drug-likeness (QED) is 0.527. The molecule has 3 heteroatoms. The summed E-state index contributed by atoms with van der Waals surface area (Å²) in [7, 11) is 0. The Hall–Kier alpha value is -0.830. The number of carbonyl (C=O) groups excluding carboxylic acids is 1. The first kappa shape index (κ1) is 9.26. The van der Waals surface area contributed by atoms with Crippen LogP contribution in [0.3, 0.4) is 0 Å². The molecule has 0 N–H and O–H groups in total. The maximum Gasteiger partial charge on any atom is 0.168 e. The Bertz CT molecular complexity index is 262. The van der Waals surface area contributed by atoms with Gasteiger partial charge in [0.1, 0.15) is 5.69 Å². The SMILES string of the molecule is CCCSc1ccnc(C=O)c1. The number of carbonyl (C=O) groups is 1. The van der Waals surface area contributed by atoms with E-state index in [4.69, 9.17) is 0 Å². The fourth-order valence-electron chi connectivity index (χ4n) is 0.802. The molecule has 0 radical (unpaired) electrons. The number of thioether (sulfide) groups is 1. The molecule has 1 aromatic rings. The molecule has 0 atom stereocenters. The summed E-state index contributed by atoms with van der Waals surface area (Å²) in [5.74, 6) is 1.09. The van der Waals surface area contributed by atoms with E-state index >= 15 is 0 Å². The van der Waals surface area contributed by atoms with Crippen molar-refractivity contribution in [1.29, 1.82) is 0 Å². The lowest BCUT2D eigenvalue weighted by atomic mass is 10.4. The van der Waals surface area contributed by atoms with Gasteiger partial charge in [-0.15, -0.1) is 11.8 Å². The standard InChI is InChI=1S/C9H11NOS/c1-2-5-12-9-3-4-10-8(6-9)7-11/h3-4,6-7H,2,5H2,1H3. The first-order valence-corrected chi connectivity index (χ1v) is 4.89. The van der Waals surface area contributed by atoms with Crippen LogP contribution in [0.25, 0.3) is 0 Å². The lowest BCUT2D eigenvalue weighted by Gasteiger charge is -1.98. The van der Waals surface area contributed by atoms with E-state index in [-0.39, 0.29) is 0 Å². The van der Waals surface area contributed by atoms with Gasteiger partial charge in [0.25, 0.3) is 0 Å². The van der Waals surface area contributed by atoms with Gasteiger partial charge in [0.2, 0.25) is 0 Å². The fraction of sp³-hybridized carbons (Fsp3) is 0.333. The second-order valence-electron chi connectivity index (χ2n) is 2.38. The molecule has 0 saturated carbocycles. The zero-order valence-electron chi connectivity index (χ0n) is 6.99. The second-order valence-corrected chi connectivity index (χ2v) is 3.55. The monoisotopic (exact) mass is 181 g/mol. The molecule has 0 saturated heterocycles. The first-order valence-electron chi connectivity index (χ1n) is 3.91. The molecule has 0 aromatic carbocycles. The van der Waals surface area contributed by atoms with Crippen LogP contribution in [0.4, 0.5) is 0 Å². The van der Waals surface area contributed by atoms with Crippen molar-refractivity contribution in [2.75, 3.05) is 5.75 Å². The van der Waals surface area contributed by atoms with Crippen LogP contribution in [-0.4, -0.2) is 17.0 Å². The Morgan fingerprint density at radius 3 is 3.17 bits per heavy atom. The average Bonchev–Trinajstić information content (AvgIpc) is 2.15. The van der Waals surface area contributed by atoms with Crippen LogP contribution in [0, 0.1) is 0 Å². The number of pyridine rings is 1. The predicted molar refractivity (Wildman–Crippen MR) is 50.6 cm³/mol. The molecule has 0 aliphatic rings. The molecule has 0 aliphatic heterocycles. The smallest absolute Gasteiger partial charge is 0.168 e. The van der Waals surface area contributed by atoms with Crippen molar-refractivity contribution in [2.45, 2.75) is 18.2 Å². The van der Waals surface area contributed by atoms with Crippen molar-refractivity contribution in [1.82, 2.24) is 4.98 Å². The zero-order valence-corrected chi connectivity index (χ0v) is 7.80. The van der Waals surface area contributed by atoms with Gasteiger partial charge in [-0.3, -0.25) is 9.78 Å². The highest BCUT2D eigenvalue weighted by molar-refractivity contribution is 7.99. The minimum atomic E-state index is 0.510. The van der Waals surface area contributed by atoms with Crippen LogP contribution in [-0.2, 0) is 0 Å². The Morgan fingerprint density at radius 1 is 1.67 bits per heavy atom. The molecule has 64 valence electrons. The predicted octanol–water partition coefficient (Wildman–Crippen LogP) is 2.40. The van der Waals surface area contributed by atoms with E-state index in [9.17, 15) is 4.79 Å². The number of hydrogen-bond acceptors (Lipinski definition) is 3. The van der Waals surface area contributed by atoms with Gasteiger partial charge in [-0.1, -0.05) is 6.92 Å². The molecule has 0 aliphatic carbocycles. The Morgan fingerprint density at radius 2 is 2.50 bits per heavy atom. The van der Waals surface area contributed by atoms with Gasteiger partial charge in [-0.05, 0) is 24.3 Å². The van der Waals surface area contributed by atoms with Gasteiger partial charge in [-0.25, -0.2) is 0 Å². The molecule has 0 bridgehead atoms. The van der Waals surface area contributed by atoms with Gasteiger partial charge < -0.3 is 0 Å². The van der Waals surface area contributed by atoms with Crippen LogP contribution in [0.2, 0.25) is 0 Å². The summed E-state index contributed by atoms with van der Waals surface area (Å²) in [5, 5.41) is 0. The van der Waals surface area contributed by atoms with Crippen molar-refractivity contribution in [2.24, 2.45) is 0 Å². The maximum atomic E-state index is 10.4. The molecule has 2 nitrogen and oxygen atoms in total. The summed E-state index contributed by atoms with van der Waals surface area (Å²) >= 11 is 1.75. The summed E-state index contributed by atoms with van der Waals surface area (Å²) in [6.07, 6.45) is 3.58. The molecular weight excluding hydrogens is 170 g/mol. The second kappa shape index (κ2) is 4.93. The van der Waals surface area contributed by atoms with E-state index in [0.717, 1.165) is 23.4 Å². The lowest BCUT2D eigenvalue weighted by molar-refractivity contribution is 0.111. The van der Waals surface area contributed by atoms with E-state index in [1.165, 1.54) is 0 Å². The van der Waals surface area contributed by atoms with E-state index in [1.807, 2.05) is 12.1 Å². The Balaban J connectivity index is 2.66. The molecule has 1 rings (SSSR count). The van der Waals surface area contributed by atoms with Crippen LogP contribution in [0.15, 0.2) is 23.2 Å². The number of nitrogens with zero attached hydrogens (tertiary/aromatic N) is 1. The van der Waals surface area contributed by atoms with E-state index in [1.54, 1.807) is 18.0 Å². The number of aldehydes is 1. The van der Waals surface area contributed by atoms with Crippen LogP contribution in [0.5, 0.6) is 0 Å². The van der Waals surface area contributed by atoms with Crippen molar-refractivity contribution in [3.05, 3.63) is 24.0 Å². The molecular formula is C9H11NOS. The van der Waals surface area contributed by atoms with Crippen molar-refractivity contribution in [3.8, 4) is 0 Å². The van der Waals surface area contributed by atoms with Crippen LogP contribution in [0.1, 0.15) is 23.8 Å². The third-order valence-electron chi connectivity index (χ3n) is 1.35. The Kier molecular flexibility index (Phi) is 3.80. The number of aromatic nitrogens is 1. The molecule has 0 spiro atoms. The van der Waals surface area contributed by atoms with Crippen molar-refractivity contribution >= 4 is 18.0 Å². The number of hydrogen-bond donors (Lipinski definition) is 0. The van der Waals surface area contributed by atoms with E-state index < -0.39 is 0 Å². The lowest BCUT2D eigenvalue weighted by Crippen LogP contribution is -1.85. The van der Waals surface area contributed by atoms with Gasteiger partial charge in [0.05, 0.1) is 0 Å². The fourth-order valence-corrected chi connectivity index (χ4v) is 1.60. The maximum absolute atomic E-state index is 10.4. The van der Waals surface area contributed by atoms with E-state index in [2.05, 4.69) is 11.9 Å². The minimum Gasteiger partial charge on any atom is -0.296 e.